The van der Waals surface area contributed by atoms with E-state index in [9.17, 15) is 14.4 Å². The summed E-state index contributed by atoms with van der Waals surface area (Å²) in [6.45, 7) is 10.1. The molecular weight excluding hydrogens is 402 g/mol. The van der Waals surface area contributed by atoms with Crippen LogP contribution in [0.3, 0.4) is 0 Å². The summed E-state index contributed by atoms with van der Waals surface area (Å²) in [4.78, 5) is 45.3. The lowest BCUT2D eigenvalue weighted by Gasteiger charge is -2.33. The topological polar surface area (TPSA) is 80.4 Å². The molecule has 2 aromatic rings. The molecule has 0 aliphatic carbocycles. The molecule has 0 atom stereocenters. The molecule has 9 heteroatoms. The molecular formula is C21H29N5O3S. The molecule has 0 saturated carbocycles. The zero-order valence-corrected chi connectivity index (χ0v) is 19.0. The average molecular weight is 432 g/mol. The standard InChI is InChI=1S/C21H29N5O3S/c1-21(2,3)19-22-16(14-30-19)13-25-8-10-26(11-9-25)17(27)7-6-15-12-23(4)20(29)24(5)18(15)28/h6-7,12,14H,8-11,13H2,1-5H3/b7-6+. The van der Waals surface area contributed by atoms with E-state index in [0.29, 0.717) is 18.7 Å². The van der Waals surface area contributed by atoms with Crippen LogP contribution in [0.5, 0.6) is 0 Å². The van der Waals surface area contributed by atoms with Gasteiger partial charge in [-0.3, -0.25) is 19.1 Å². The molecule has 0 aromatic carbocycles. The number of nitrogens with zero attached hydrogens (tertiary/aromatic N) is 5. The number of carbonyl (C=O) groups is 1. The Morgan fingerprint density at radius 3 is 2.43 bits per heavy atom. The fourth-order valence-electron chi connectivity index (χ4n) is 3.30. The van der Waals surface area contributed by atoms with E-state index in [0.717, 1.165) is 34.9 Å². The fraction of sp³-hybridized carbons (Fsp3) is 0.524. The molecule has 0 N–H and O–H groups in total. The molecule has 162 valence electrons. The van der Waals surface area contributed by atoms with Gasteiger partial charge in [0.25, 0.3) is 5.56 Å². The van der Waals surface area contributed by atoms with Gasteiger partial charge in [0.05, 0.1) is 16.3 Å². The van der Waals surface area contributed by atoms with E-state index < -0.39 is 11.2 Å². The predicted octanol–water partition coefficient (Wildman–Crippen LogP) is 1.20. The highest BCUT2D eigenvalue weighted by atomic mass is 32.1. The van der Waals surface area contributed by atoms with Gasteiger partial charge in [0, 0.05) is 69.9 Å². The van der Waals surface area contributed by atoms with Gasteiger partial charge in [-0.05, 0) is 6.08 Å². The van der Waals surface area contributed by atoms with Crippen LogP contribution in [0.25, 0.3) is 6.08 Å². The molecule has 1 aliphatic rings. The minimum atomic E-state index is -0.412. The van der Waals surface area contributed by atoms with Crippen LogP contribution in [0.15, 0.2) is 27.2 Å². The van der Waals surface area contributed by atoms with Gasteiger partial charge >= 0.3 is 5.69 Å². The molecule has 2 aromatic heterocycles. The summed E-state index contributed by atoms with van der Waals surface area (Å²) in [7, 11) is 3.00. The Morgan fingerprint density at radius 2 is 1.83 bits per heavy atom. The van der Waals surface area contributed by atoms with Crippen LogP contribution in [-0.2, 0) is 30.8 Å². The number of amides is 1. The van der Waals surface area contributed by atoms with Crippen LogP contribution >= 0.6 is 11.3 Å². The van der Waals surface area contributed by atoms with Crippen molar-refractivity contribution in [3.63, 3.8) is 0 Å². The number of aryl methyl sites for hydroxylation is 1. The highest BCUT2D eigenvalue weighted by Crippen LogP contribution is 2.26. The summed E-state index contributed by atoms with van der Waals surface area (Å²) in [6, 6.07) is 0. The maximum absolute atomic E-state index is 12.5. The molecule has 1 aliphatic heterocycles. The SMILES string of the molecule is Cn1cc(/C=C/C(=O)N2CCN(Cc3csc(C(C)(C)C)n3)CC2)c(=O)n(C)c1=O. The second-order valence-electron chi connectivity index (χ2n) is 8.67. The molecule has 1 saturated heterocycles. The maximum atomic E-state index is 12.5. The Bertz CT molecular complexity index is 1070. The molecule has 3 rings (SSSR count). The third-order valence-electron chi connectivity index (χ3n) is 5.14. The Morgan fingerprint density at radius 1 is 1.17 bits per heavy atom. The Labute approximate surface area is 180 Å². The Kier molecular flexibility index (Phi) is 6.42. The van der Waals surface area contributed by atoms with Gasteiger partial charge < -0.3 is 9.47 Å². The highest BCUT2D eigenvalue weighted by molar-refractivity contribution is 7.09. The number of carbonyl (C=O) groups excluding carboxylic acids is 1. The molecule has 0 bridgehead atoms. The van der Waals surface area contributed by atoms with Crippen LogP contribution in [-0.4, -0.2) is 56.0 Å². The highest BCUT2D eigenvalue weighted by Gasteiger charge is 2.22. The normalized spacial score (nSPS) is 15.8. The molecule has 30 heavy (non-hydrogen) atoms. The predicted molar refractivity (Wildman–Crippen MR) is 119 cm³/mol. The number of piperazine rings is 1. The zero-order valence-electron chi connectivity index (χ0n) is 18.2. The summed E-state index contributed by atoms with van der Waals surface area (Å²) in [5.74, 6) is -0.130. The van der Waals surface area contributed by atoms with Gasteiger partial charge in [-0.2, -0.15) is 0 Å². The zero-order chi connectivity index (χ0) is 22.1. The smallest absolute Gasteiger partial charge is 0.330 e. The average Bonchev–Trinajstić information content (AvgIpc) is 3.17. The van der Waals surface area contributed by atoms with Crippen LogP contribution < -0.4 is 11.2 Å². The summed E-state index contributed by atoms with van der Waals surface area (Å²) >= 11 is 1.70. The summed E-state index contributed by atoms with van der Waals surface area (Å²) in [5, 5.41) is 3.26. The number of aromatic nitrogens is 3. The van der Waals surface area contributed by atoms with Crippen molar-refractivity contribution < 1.29 is 4.79 Å². The lowest BCUT2D eigenvalue weighted by molar-refractivity contribution is -0.127. The Balaban J connectivity index is 1.57. The van der Waals surface area contributed by atoms with Crippen LogP contribution in [0.4, 0.5) is 0 Å². The van der Waals surface area contributed by atoms with Crippen LogP contribution in [0.2, 0.25) is 0 Å². The number of rotatable bonds is 4. The summed E-state index contributed by atoms with van der Waals surface area (Å²) in [5.41, 5.74) is 0.644. The van der Waals surface area contributed by atoms with Gasteiger partial charge in [0.2, 0.25) is 5.91 Å². The maximum Gasteiger partial charge on any atom is 0.330 e. The first-order valence-electron chi connectivity index (χ1n) is 9.97. The summed E-state index contributed by atoms with van der Waals surface area (Å²) < 4.78 is 2.36. The second-order valence-corrected chi connectivity index (χ2v) is 9.53. The van der Waals surface area contributed by atoms with E-state index in [1.807, 2.05) is 0 Å². The molecule has 3 heterocycles. The lowest BCUT2D eigenvalue weighted by atomic mass is 9.98. The molecule has 1 amide bonds. The van der Waals surface area contributed by atoms with Crippen LogP contribution in [0.1, 0.15) is 37.0 Å². The monoisotopic (exact) mass is 431 g/mol. The van der Waals surface area contributed by atoms with Crippen molar-refractivity contribution in [2.75, 3.05) is 26.2 Å². The van der Waals surface area contributed by atoms with Gasteiger partial charge in [0.1, 0.15) is 0 Å². The summed E-state index contributed by atoms with van der Waals surface area (Å²) in [6.07, 6.45) is 4.35. The van der Waals surface area contributed by atoms with Crippen molar-refractivity contribution in [3.05, 3.63) is 54.8 Å². The van der Waals surface area contributed by atoms with Gasteiger partial charge in [-0.25, -0.2) is 9.78 Å². The van der Waals surface area contributed by atoms with Gasteiger partial charge in [0.15, 0.2) is 0 Å². The van der Waals surface area contributed by atoms with Gasteiger partial charge in [-0.15, -0.1) is 11.3 Å². The number of hydrogen-bond donors (Lipinski definition) is 0. The van der Waals surface area contributed by atoms with Crippen molar-refractivity contribution in [2.24, 2.45) is 14.1 Å². The van der Waals surface area contributed by atoms with Crippen molar-refractivity contribution in [2.45, 2.75) is 32.7 Å². The molecule has 0 unspecified atom stereocenters. The quantitative estimate of drug-likeness (QED) is 0.680. The third-order valence-corrected chi connectivity index (χ3v) is 6.46. The van der Waals surface area contributed by atoms with Crippen molar-refractivity contribution in [1.82, 2.24) is 23.9 Å². The van der Waals surface area contributed by atoms with E-state index in [-0.39, 0.29) is 11.3 Å². The van der Waals surface area contributed by atoms with Crippen molar-refractivity contribution in [3.8, 4) is 0 Å². The lowest BCUT2D eigenvalue weighted by Crippen LogP contribution is -2.47. The largest absolute Gasteiger partial charge is 0.337 e. The van der Waals surface area contributed by atoms with Crippen LogP contribution in [0, 0.1) is 0 Å². The van der Waals surface area contributed by atoms with Gasteiger partial charge in [-0.1, -0.05) is 20.8 Å². The van der Waals surface area contributed by atoms with E-state index in [4.69, 9.17) is 4.98 Å². The second kappa shape index (κ2) is 8.69. The minimum absolute atomic E-state index is 0.0619. The number of thiazole rings is 1. The van der Waals surface area contributed by atoms with E-state index >= 15 is 0 Å². The molecule has 0 spiro atoms. The fourth-order valence-corrected chi connectivity index (χ4v) is 4.19. The number of hydrogen-bond acceptors (Lipinski definition) is 6. The Hall–Kier alpha value is -2.52. The van der Waals surface area contributed by atoms with E-state index in [1.165, 1.54) is 30.0 Å². The molecule has 0 radical (unpaired) electrons. The van der Waals surface area contributed by atoms with Crippen molar-refractivity contribution >= 4 is 23.3 Å². The van der Waals surface area contributed by atoms with Crippen molar-refractivity contribution in [1.29, 1.82) is 0 Å². The first-order valence-corrected chi connectivity index (χ1v) is 10.8. The minimum Gasteiger partial charge on any atom is -0.337 e. The first kappa shape index (κ1) is 22.2. The van der Waals surface area contributed by atoms with E-state index in [1.54, 1.807) is 23.3 Å². The molecule has 8 nitrogen and oxygen atoms in total. The molecule has 1 fully saturated rings. The first-order chi connectivity index (χ1) is 14.1. The third kappa shape index (κ3) is 4.96. The van der Waals surface area contributed by atoms with E-state index in [2.05, 4.69) is 31.1 Å².